The lowest BCUT2D eigenvalue weighted by Gasteiger charge is -2.16. The summed E-state index contributed by atoms with van der Waals surface area (Å²) in [7, 11) is 0. The minimum atomic E-state index is -0.919. The number of nitrogens with one attached hydrogen (secondary N) is 2. The first kappa shape index (κ1) is 23.8. The number of anilines is 1. The fraction of sp³-hybridized carbons (Fsp3) is 0.179. The lowest BCUT2D eigenvalue weighted by molar-refractivity contribution is -0.124. The number of H-pyrrole nitrogens is 1. The SMILES string of the molecule is CCC(OC(=O)c1ccc(-c2nc(C)c(C)[nH]2)cc1)C(=O)Nc1ccc(Oc2ccccc2)cc1. The standard InChI is InChI=1S/C28H27N3O4/c1-4-25(27(32)31-22-14-16-24(17-15-22)34-23-8-6-5-7-9-23)35-28(33)21-12-10-20(11-13-21)26-29-18(2)19(3)30-26/h5-17,25H,4H2,1-3H3,(H,29,30)(H,31,32). The Labute approximate surface area is 204 Å². The summed E-state index contributed by atoms with van der Waals surface area (Å²) < 4.78 is 11.3. The topological polar surface area (TPSA) is 93.3 Å². The molecule has 0 aliphatic carbocycles. The van der Waals surface area contributed by atoms with Gasteiger partial charge in [0, 0.05) is 16.9 Å². The van der Waals surface area contributed by atoms with Crippen LogP contribution in [0.4, 0.5) is 5.69 Å². The molecule has 0 bridgehead atoms. The summed E-state index contributed by atoms with van der Waals surface area (Å²) in [4.78, 5) is 33.1. The minimum Gasteiger partial charge on any atom is -0.457 e. The van der Waals surface area contributed by atoms with Gasteiger partial charge in [-0.25, -0.2) is 9.78 Å². The number of hydrogen-bond acceptors (Lipinski definition) is 5. The number of hydrogen-bond donors (Lipinski definition) is 2. The van der Waals surface area contributed by atoms with E-state index in [9.17, 15) is 9.59 Å². The first-order valence-corrected chi connectivity index (χ1v) is 11.4. The summed E-state index contributed by atoms with van der Waals surface area (Å²) in [6.45, 7) is 5.68. The highest BCUT2D eigenvalue weighted by molar-refractivity contribution is 5.97. The van der Waals surface area contributed by atoms with Crippen molar-refractivity contribution in [3.63, 3.8) is 0 Å². The molecule has 0 fully saturated rings. The van der Waals surface area contributed by atoms with Gasteiger partial charge in [0.05, 0.1) is 11.3 Å². The molecule has 2 N–H and O–H groups in total. The zero-order valence-corrected chi connectivity index (χ0v) is 19.9. The third-order valence-corrected chi connectivity index (χ3v) is 5.54. The van der Waals surface area contributed by atoms with E-state index in [1.54, 1.807) is 55.5 Å². The summed E-state index contributed by atoms with van der Waals surface area (Å²) in [5, 5.41) is 2.79. The Bertz CT molecular complexity index is 1280. The van der Waals surface area contributed by atoms with E-state index in [1.165, 1.54) is 0 Å². The summed E-state index contributed by atoms with van der Waals surface area (Å²) in [5.74, 6) is 1.17. The molecular weight excluding hydrogens is 442 g/mol. The van der Waals surface area contributed by atoms with E-state index in [0.29, 0.717) is 23.4 Å². The Morgan fingerprint density at radius 3 is 2.17 bits per heavy atom. The lowest BCUT2D eigenvalue weighted by atomic mass is 10.1. The number of imidazole rings is 1. The van der Waals surface area contributed by atoms with Crippen LogP contribution >= 0.6 is 0 Å². The number of amides is 1. The smallest absolute Gasteiger partial charge is 0.338 e. The van der Waals surface area contributed by atoms with E-state index in [-0.39, 0.29) is 0 Å². The Balaban J connectivity index is 1.35. The average Bonchev–Trinajstić information content (AvgIpc) is 3.22. The van der Waals surface area contributed by atoms with Crippen molar-refractivity contribution in [2.45, 2.75) is 33.3 Å². The Kier molecular flexibility index (Phi) is 7.26. The van der Waals surface area contributed by atoms with E-state index >= 15 is 0 Å². The van der Waals surface area contributed by atoms with Crippen LogP contribution in [0.2, 0.25) is 0 Å². The number of esters is 1. The minimum absolute atomic E-state index is 0.343. The van der Waals surface area contributed by atoms with Crippen LogP contribution in [0.25, 0.3) is 11.4 Å². The largest absolute Gasteiger partial charge is 0.457 e. The predicted molar refractivity (Wildman–Crippen MR) is 135 cm³/mol. The van der Waals surface area contributed by atoms with Crippen molar-refractivity contribution in [1.82, 2.24) is 9.97 Å². The number of aromatic amines is 1. The van der Waals surface area contributed by atoms with E-state index in [4.69, 9.17) is 9.47 Å². The lowest BCUT2D eigenvalue weighted by Crippen LogP contribution is -2.32. The van der Waals surface area contributed by atoms with Crippen molar-refractivity contribution >= 4 is 17.6 Å². The molecule has 1 atom stereocenters. The highest BCUT2D eigenvalue weighted by Gasteiger charge is 2.22. The van der Waals surface area contributed by atoms with Crippen LogP contribution in [-0.2, 0) is 9.53 Å². The Morgan fingerprint density at radius 2 is 1.57 bits per heavy atom. The van der Waals surface area contributed by atoms with Gasteiger partial charge in [-0.15, -0.1) is 0 Å². The molecule has 0 radical (unpaired) electrons. The van der Waals surface area contributed by atoms with Crippen LogP contribution in [0.1, 0.15) is 35.1 Å². The molecule has 7 heteroatoms. The second-order valence-corrected chi connectivity index (χ2v) is 8.10. The highest BCUT2D eigenvalue weighted by Crippen LogP contribution is 2.23. The predicted octanol–water partition coefficient (Wildman–Crippen LogP) is 6.06. The van der Waals surface area contributed by atoms with Gasteiger partial charge < -0.3 is 19.8 Å². The van der Waals surface area contributed by atoms with E-state index in [0.717, 1.165) is 28.5 Å². The van der Waals surface area contributed by atoms with E-state index in [1.807, 2.05) is 44.2 Å². The maximum atomic E-state index is 12.7. The molecule has 1 unspecified atom stereocenters. The molecular formula is C28H27N3O4. The fourth-order valence-corrected chi connectivity index (χ4v) is 3.42. The maximum absolute atomic E-state index is 12.7. The van der Waals surface area contributed by atoms with Gasteiger partial charge in [0.15, 0.2) is 6.10 Å². The molecule has 1 aromatic heterocycles. The molecule has 0 aliphatic heterocycles. The number of nitrogens with zero attached hydrogens (tertiary/aromatic N) is 1. The van der Waals surface area contributed by atoms with Gasteiger partial charge in [-0.1, -0.05) is 37.3 Å². The molecule has 4 aromatic rings. The Morgan fingerprint density at radius 1 is 0.914 bits per heavy atom. The molecule has 0 aliphatic rings. The zero-order valence-electron chi connectivity index (χ0n) is 19.9. The van der Waals surface area contributed by atoms with Gasteiger partial charge in [0.2, 0.25) is 0 Å². The van der Waals surface area contributed by atoms with Gasteiger partial charge in [-0.2, -0.15) is 0 Å². The summed E-state index contributed by atoms with van der Waals surface area (Å²) in [6, 6.07) is 23.4. The Hall–Kier alpha value is -4.39. The number of aryl methyl sites for hydroxylation is 2. The molecule has 0 saturated heterocycles. The van der Waals surface area contributed by atoms with Gasteiger partial charge in [-0.05, 0) is 68.8 Å². The van der Waals surface area contributed by atoms with Crippen molar-refractivity contribution in [1.29, 1.82) is 0 Å². The molecule has 1 heterocycles. The number of carbonyl (C=O) groups excluding carboxylic acids is 2. The molecule has 0 spiro atoms. The van der Waals surface area contributed by atoms with Gasteiger partial charge >= 0.3 is 5.97 Å². The van der Waals surface area contributed by atoms with Crippen molar-refractivity contribution in [3.05, 3.63) is 95.8 Å². The average molecular weight is 470 g/mol. The van der Waals surface area contributed by atoms with Gasteiger partial charge in [0.1, 0.15) is 17.3 Å². The quantitative estimate of drug-likeness (QED) is 0.306. The number of aromatic nitrogens is 2. The number of rotatable bonds is 8. The number of benzene rings is 3. The van der Waals surface area contributed by atoms with Gasteiger partial charge in [-0.3, -0.25) is 4.79 Å². The zero-order chi connectivity index (χ0) is 24.8. The monoisotopic (exact) mass is 469 g/mol. The fourth-order valence-electron chi connectivity index (χ4n) is 3.42. The third kappa shape index (κ3) is 5.95. The van der Waals surface area contributed by atoms with Gasteiger partial charge in [0.25, 0.3) is 5.91 Å². The molecule has 7 nitrogen and oxygen atoms in total. The second kappa shape index (κ2) is 10.7. The summed E-state index contributed by atoms with van der Waals surface area (Å²) >= 11 is 0. The van der Waals surface area contributed by atoms with E-state index < -0.39 is 18.0 Å². The van der Waals surface area contributed by atoms with Crippen molar-refractivity contribution in [2.75, 3.05) is 5.32 Å². The number of ether oxygens (including phenoxy) is 2. The van der Waals surface area contributed by atoms with Crippen LogP contribution in [0.3, 0.4) is 0 Å². The van der Waals surface area contributed by atoms with Crippen molar-refractivity contribution in [2.24, 2.45) is 0 Å². The molecule has 3 aromatic carbocycles. The summed E-state index contributed by atoms with van der Waals surface area (Å²) in [5.41, 5.74) is 3.74. The molecule has 178 valence electrons. The molecule has 0 saturated carbocycles. The normalized spacial score (nSPS) is 11.5. The van der Waals surface area contributed by atoms with E-state index in [2.05, 4.69) is 15.3 Å². The molecule has 35 heavy (non-hydrogen) atoms. The second-order valence-electron chi connectivity index (χ2n) is 8.10. The highest BCUT2D eigenvalue weighted by atomic mass is 16.5. The number of carbonyl (C=O) groups is 2. The first-order chi connectivity index (χ1) is 16.9. The van der Waals surface area contributed by atoms with Crippen LogP contribution in [0.15, 0.2) is 78.9 Å². The van der Waals surface area contributed by atoms with Crippen LogP contribution in [0.5, 0.6) is 11.5 Å². The summed E-state index contributed by atoms with van der Waals surface area (Å²) in [6.07, 6.45) is -0.576. The molecule has 4 rings (SSSR count). The van der Waals surface area contributed by atoms with Crippen LogP contribution in [-0.4, -0.2) is 27.9 Å². The third-order valence-electron chi connectivity index (χ3n) is 5.54. The van der Waals surface area contributed by atoms with Crippen molar-refractivity contribution in [3.8, 4) is 22.9 Å². The molecule has 1 amide bonds. The maximum Gasteiger partial charge on any atom is 0.338 e. The first-order valence-electron chi connectivity index (χ1n) is 11.4. The van der Waals surface area contributed by atoms with Crippen LogP contribution in [0, 0.1) is 13.8 Å². The van der Waals surface area contributed by atoms with Crippen LogP contribution < -0.4 is 10.1 Å². The van der Waals surface area contributed by atoms with Crippen molar-refractivity contribution < 1.29 is 19.1 Å². The number of para-hydroxylation sites is 1.